The van der Waals surface area contributed by atoms with Gasteiger partial charge in [-0.15, -0.1) is 0 Å². The van der Waals surface area contributed by atoms with Crippen LogP contribution in [0, 0.1) is 11.3 Å². The SMILES string of the molecule is COCC(C)CNC(=O)NCCC(C)(C)CCC(=O)O. The van der Waals surface area contributed by atoms with Gasteiger partial charge in [-0.1, -0.05) is 20.8 Å². The van der Waals surface area contributed by atoms with Gasteiger partial charge < -0.3 is 20.5 Å². The van der Waals surface area contributed by atoms with Gasteiger partial charge in [-0.2, -0.15) is 0 Å². The number of urea groups is 1. The molecule has 6 heteroatoms. The van der Waals surface area contributed by atoms with Crippen molar-refractivity contribution in [2.45, 2.75) is 40.0 Å². The number of carbonyl (C=O) groups excluding carboxylic acids is 1. The van der Waals surface area contributed by atoms with E-state index in [-0.39, 0.29) is 23.8 Å². The number of carboxylic acids is 1. The molecule has 3 N–H and O–H groups in total. The third-order valence-corrected chi connectivity index (χ3v) is 3.17. The second-order valence-corrected chi connectivity index (χ2v) is 6.01. The molecule has 0 heterocycles. The van der Waals surface area contributed by atoms with E-state index in [4.69, 9.17) is 9.84 Å². The van der Waals surface area contributed by atoms with Gasteiger partial charge in [-0.25, -0.2) is 4.79 Å². The molecule has 2 amide bonds. The number of hydrogen-bond donors (Lipinski definition) is 3. The molecule has 0 aliphatic heterocycles. The smallest absolute Gasteiger partial charge is 0.314 e. The zero-order valence-electron chi connectivity index (χ0n) is 13.0. The maximum absolute atomic E-state index is 11.5. The van der Waals surface area contributed by atoms with Gasteiger partial charge in [0.1, 0.15) is 0 Å². The molecule has 0 rings (SSSR count). The molecule has 0 fully saturated rings. The van der Waals surface area contributed by atoms with E-state index in [0.29, 0.717) is 26.1 Å². The van der Waals surface area contributed by atoms with E-state index in [9.17, 15) is 9.59 Å². The predicted molar refractivity (Wildman–Crippen MR) is 77.7 cm³/mol. The Balaban J connectivity index is 3.76. The van der Waals surface area contributed by atoms with E-state index in [0.717, 1.165) is 6.42 Å². The van der Waals surface area contributed by atoms with Crippen molar-refractivity contribution in [2.24, 2.45) is 11.3 Å². The van der Waals surface area contributed by atoms with Crippen molar-refractivity contribution in [1.29, 1.82) is 0 Å². The van der Waals surface area contributed by atoms with Crippen molar-refractivity contribution < 1.29 is 19.4 Å². The molecule has 6 nitrogen and oxygen atoms in total. The lowest BCUT2D eigenvalue weighted by atomic mass is 9.84. The molecule has 0 saturated carbocycles. The van der Waals surface area contributed by atoms with Gasteiger partial charge in [0.25, 0.3) is 0 Å². The fourth-order valence-electron chi connectivity index (χ4n) is 1.76. The number of hydrogen-bond acceptors (Lipinski definition) is 3. The minimum atomic E-state index is -0.782. The highest BCUT2D eigenvalue weighted by molar-refractivity contribution is 5.73. The lowest BCUT2D eigenvalue weighted by Gasteiger charge is -2.24. The molecule has 0 spiro atoms. The van der Waals surface area contributed by atoms with Crippen LogP contribution in [-0.4, -0.2) is 43.9 Å². The van der Waals surface area contributed by atoms with E-state index in [1.807, 2.05) is 20.8 Å². The Hall–Kier alpha value is -1.30. The Morgan fingerprint density at radius 3 is 2.45 bits per heavy atom. The number of carbonyl (C=O) groups is 2. The average molecular weight is 288 g/mol. The molecule has 1 atom stereocenters. The molecule has 20 heavy (non-hydrogen) atoms. The highest BCUT2D eigenvalue weighted by Crippen LogP contribution is 2.25. The summed E-state index contributed by atoms with van der Waals surface area (Å²) in [5, 5.41) is 14.2. The first-order valence-corrected chi connectivity index (χ1v) is 6.99. The van der Waals surface area contributed by atoms with Crippen LogP contribution in [0.4, 0.5) is 4.79 Å². The lowest BCUT2D eigenvalue weighted by molar-refractivity contribution is -0.137. The fourth-order valence-corrected chi connectivity index (χ4v) is 1.76. The van der Waals surface area contributed by atoms with Crippen LogP contribution in [0.25, 0.3) is 0 Å². The largest absolute Gasteiger partial charge is 0.481 e. The maximum atomic E-state index is 11.5. The van der Waals surface area contributed by atoms with Crippen LogP contribution < -0.4 is 10.6 Å². The van der Waals surface area contributed by atoms with Crippen LogP contribution in [0.5, 0.6) is 0 Å². The first kappa shape index (κ1) is 18.7. The standard InChI is InChI=1S/C14H28N2O4/c1-11(10-20-4)9-16-13(19)15-8-7-14(2,3)6-5-12(17)18/h11H,5-10H2,1-4H3,(H,17,18)(H2,15,16,19). The van der Waals surface area contributed by atoms with Gasteiger partial charge in [0.15, 0.2) is 0 Å². The average Bonchev–Trinajstić information content (AvgIpc) is 2.34. The maximum Gasteiger partial charge on any atom is 0.314 e. The zero-order valence-corrected chi connectivity index (χ0v) is 13.0. The summed E-state index contributed by atoms with van der Waals surface area (Å²) in [5.74, 6) is -0.506. The van der Waals surface area contributed by atoms with Crippen molar-refractivity contribution in [3.63, 3.8) is 0 Å². The number of aliphatic carboxylic acids is 1. The number of rotatable bonds is 10. The topological polar surface area (TPSA) is 87.7 Å². The van der Waals surface area contributed by atoms with Gasteiger partial charge in [-0.05, 0) is 24.2 Å². The highest BCUT2D eigenvalue weighted by atomic mass is 16.5. The number of amides is 2. The van der Waals surface area contributed by atoms with Gasteiger partial charge in [0.2, 0.25) is 0 Å². The summed E-state index contributed by atoms with van der Waals surface area (Å²) in [4.78, 5) is 22.1. The van der Waals surface area contributed by atoms with E-state index in [2.05, 4.69) is 10.6 Å². The molecule has 0 aliphatic carbocycles. The molecule has 0 aromatic carbocycles. The van der Waals surface area contributed by atoms with Crippen molar-refractivity contribution in [1.82, 2.24) is 10.6 Å². The highest BCUT2D eigenvalue weighted by Gasteiger charge is 2.19. The normalized spacial score (nSPS) is 12.8. The Bertz CT molecular complexity index is 306. The quantitative estimate of drug-likeness (QED) is 0.572. The van der Waals surface area contributed by atoms with Gasteiger partial charge >= 0.3 is 12.0 Å². The Morgan fingerprint density at radius 1 is 1.25 bits per heavy atom. The van der Waals surface area contributed by atoms with E-state index >= 15 is 0 Å². The van der Waals surface area contributed by atoms with Crippen LogP contribution in [0.15, 0.2) is 0 Å². The fraction of sp³-hybridized carbons (Fsp3) is 0.857. The lowest BCUT2D eigenvalue weighted by Crippen LogP contribution is -2.39. The van der Waals surface area contributed by atoms with Gasteiger partial charge in [0, 0.05) is 26.6 Å². The minimum absolute atomic E-state index is 0.0883. The zero-order chi connectivity index (χ0) is 15.6. The molecule has 0 aromatic heterocycles. The summed E-state index contributed by atoms with van der Waals surface area (Å²) in [7, 11) is 1.63. The molecular weight excluding hydrogens is 260 g/mol. The van der Waals surface area contributed by atoms with Crippen LogP contribution in [0.2, 0.25) is 0 Å². The summed E-state index contributed by atoms with van der Waals surface area (Å²) in [5.41, 5.74) is -0.0883. The summed E-state index contributed by atoms with van der Waals surface area (Å²) in [6.07, 6.45) is 1.52. The molecule has 1 unspecified atom stereocenters. The van der Waals surface area contributed by atoms with Gasteiger partial charge in [0.05, 0.1) is 6.61 Å². The Morgan fingerprint density at radius 2 is 1.90 bits per heavy atom. The summed E-state index contributed by atoms with van der Waals surface area (Å²) < 4.78 is 4.99. The summed E-state index contributed by atoms with van der Waals surface area (Å²) >= 11 is 0. The Kier molecular flexibility index (Phi) is 8.96. The molecule has 0 aromatic rings. The first-order chi connectivity index (χ1) is 9.26. The van der Waals surface area contributed by atoms with E-state index in [1.54, 1.807) is 7.11 Å². The molecular formula is C14H28N2O4. The third-order valence-electron chi connectivity index (χ3n) is 3.17. The second kappa shape index (κ2) is 9.58. The van der Waals surface area contributed by atoms with Crippen molar-refractivity contribution in [3.8, 4) is 0 Å². The molecule has 0 saturated heterocycles. The van der Waals surface area contributed by atoms with Crippen molar-refractivity contribution in [3.05, 3.63) is 0 Å². The molecule has 118 valence electrons. The predicted octanol–water partition coefficient (Wildman–Crippen LogP) is 1.85. The molecule has 0 aliphatic rings. The molecule has 0 bridgehead atoms. The monoisotopic (exact) mass is 288 g/mol. The second-order valence-electron chi connectivity index (χ2n) is 6.01. The number of carboxylic acid groups (broad SMARTS) is 1. The number of ether oxygens (including phenoxy) is 1. The van der Waals surface area contributed by atoms with E-state index in [1.165, 1.54) is 0 Å². The van der Waals surface area contributed by atoms with Crippen LogP contribution in [0.3, 0.4) is 0 Å². The summed E-state index contributed by atoms with van der Waals surface area (Å²) in [6, 6.07) is -0.193. The van der Waals surface area contributed by atoms with E-state index < -0.39 is 5.97 Å². The minimum Gasteiger partial charge on any atom is -0.481 e. The number of methoxy groups -OCH3 is 1. The van der Waals surface area contributed by atoms with Crippen molar-refractivity contribution in [2.75, 3.05) is 26.8 Å². The molecule has 0 radical (unpaired) electrons. The number of nitrogens with one attached hydrogen (secondary N) is 2. The van der Waals surface area contributed by atoms with Crippen molar-refractivity contribution >= 4 is 12.0 Å². The van der Waals surface area contributed by atoms with Crippen LogP contribution in [-0.2, 0) is 9.53 Å². The first-order valence-electron chi connectivity index (χ1n) is 6.99. The van der Waals surface area contributed by atoms with Crippen LogP contribution >= 0.6 is 0 Å². The summed E-state index contributed by atoms with van der Waals surface area (Å²) in [6.45, 7) is 7.74. The van der Waals surface area contributed by atoms with Crippen LogP contribution in [0.1, 0.15) is 40.0 Å². The Labute approximate surface area is 121 Å². The third kappa shape index (κ3) is 10.6. The van der Waals surface area contributed by atoms with Gasteiger partial charge in [-0.3, -0.25) is 4.79 Å².